The second kappa shape index (κ2) is 9.11. The summed E-state index contributed by atoms with van der Waals surface area (Å²) in [6, 6.07) is 13.2. The summed E-state index contributed by atoms with van der Waals surface area (Å²) in [7, 11) is -0.362. The van der Waals surface area contributed by atoms with Crippen LogP contribution in [0, 0.1) is 0 Å². The molecule has 148 valence electrons. The summed E-state index contributed by atoms with van der Waals surface area (Å²) in [5.41, 5.74) is -0.178. The summed E-state index contributed by atoms with van der Waals surface area (Å²) < 4.78 is 27.1. The van der Waals surface area contributed by atoms with Gasteiger partial charge in [-0.1, -0.05) is 30.3 Å². The Bertz CT molecular complexity index is 1170. The van der Waals surface area contributed by atoms with Crippen LogP contribution in [0.3, 0.4) is 0 Å². The van der Waals surface area contributed by atoms with Crippen molar-refractivity contribution >= 4 is 27.5 Å². The summed E-state index contributed by atoms with van der Waals surface area (Å²) in [6.07, 6.45) is 0.750. The molecule has 0 atom stereocenters. The van der Waals surface area contributed by atoms with Gasteiger partial charge >= 0.3 is 11.1 Å². The third-order valence-corrected chi connectivity index (χ3v) is 4.92. The van der Waals surface area contributed by atoms with Crippen LogP contribution < -0.4 is 15.8 Å². The van der Waals surface area contributed by atoms with Gasteiger partial charge in [-0.2, -0.15) is 0 Å². The van der Waals surface area contributed by atoms with Crippen LogP contribution in [0.2, 0.25) is 0 Å². The van der Waals surface area contributed by atoms with Crippen LogP contribution in [-0.4, -0.2) is 43.8 Å². The molecule has 0 unspecified atom stereocenters. The molecule has 0 fully saturated rings. The number of fused-ring (bicyclic) bond motifs is 1. The normalized spacial score (nSPS) is 10.8. The van der Waals surface area contributed by atoms with E-state index >= 15 is 0 Å². The maximum atomic E-state index is 12.3. The number of benzene rings is 2. The maximum absolute atomic E-state index is 12.3. The number of nitrogens with zero attached hydrogens (tertiary/aromatic N) is 1. The van der Waals surface area contributed by atoms with Gasteiger partial charge in [0.15, 0.2) is 0 Å². The van der Waals surface area contributed by atoms with Gasteiger partial charge in [-0.15, -0.1) is 0 Å². The first-order chi connectivity index (χ1) is 13.2. The topological polar surface area (TPSA) is 132 Å². The number of nitrogens with one attached hydrogen (secondary N) is 3. The average Bonchev–Trinajstić information content (AvgIpc) is 2.68. The van der Waals surface area contributed by atoms with Crippen molar-refractivity contribution in [2.75, 3.05) is 14.1 Å². The van der Waals surface area contributed by atoms with Gasteiger partial charge in [-0.05, 0) is 23.8 Å². The Kier molecular flexibility index (Phi) is 6.85. The zero-order valence-electron chi connectivity index (χ0n) is 15.3. The molecule has 10 heteroatoms. The molecule has 0 radical (unpaired) electrons. The van der Waals surface area contributed by atoms with Gasteiger partial charge in [-0.25, -0.2) is 13.1 Å². The molecule has 1 heterocycles. The van der Waals surface area contributed by atoms with Crippen molar-refractivity contribution < 1.29 is 13.2 Å². The van der Waals surface area contributed by atoms with E-state index < -0.39 is 21.1 Å². The quantitative estimate of drug-likeness (QED) is 0.418. The summed E-state index contributed by atoms with van der Waals surface area (Å²) in [5.74, 6) is 0. The van der Waals surface area contributed by atoms with E-state index in [9.17, 15) is 22.8 Å². The minimum Gasteiger partial charge on any atom is -0.351 e. The Morgan fingerprint density at radius 2 is 1.54 bits per heavy atom. The zero-order chi connectivity index (χ0) is 20.7. The number of carbonyl (C=O) groups excluding carboxylic acids is 1. The average molecular weight is 404 g/mol. The first-order valence-corrected chi connectivity index (χ1v) is 9.63. The first-order valence-electron chi connectivity index (χ1n) is 8.14. The van der Waals surface area contributed by atoms with Gasteiger partial charge in [-0.3, -0.25) is 14.4 Å². The van der Waals surface area contributed by atoms with E-state index in [4.69, 9.17) is 0 Å². The molecule has 28 heavy (non-hydrogen) atoms. The van der Waals surface area contributed by atoms with Gasteiger partial charge in [0.2, 0.25) is 16.4 Å². The van der Waals surface area contributed by atoms with E-state index in [1.807, 2.05) is 30.3 Å². The molecule has 0 saturated heterocycles. The van der Waals surface area contributed by atoms with Gasteiger partial charge in [0.05, 0.1) is 15.9 Å². The van der Waals surface area contributed by atoms with Gasteiger partial charge < -0.3 is 14.9 Å². The molecule has 0 aliphatic carbocycles. The Hall–Kier alpha value is -3.24. The molecule has 1 amide bonds. The Balaban J connectivity index is 0.000000500. The number of sulfonamides is 1. The molecule has 0 aliphatic heterocycles. The molecule has 3 N–H and O–H groups in total. The van der Waals surface area contributed by atoms with Gasteiger partial charge in [0.1, 0.15) is 0 Å². The SMILES string of the molecule is CN(C)C=O.O=c1[nH]c2ccc(S(=O)(=O)NCc3ccccc3)cc2[nH]c1=O. The van der Waals surface area contributed by atoms with Crippen LogP contribution in [0.25, 0.3) is 11.0 Å². The highest BCUT2D eigenvalue weighted by Crippen LogP contribution is 2.14. The minimum atomic E-state index is -3.74. The first kappa shape index (κ1) is 21.1. The molecule has 2 aromatic carbocycles. The Morgan fingerprint density at radius 3 is 2.11 bits per heavy atom. The maximum Gasteiger partial charge on any atom is 0.314 e. The number of amides is 1. The largest absolute Gasteiger partial charge is 0.351 e. The third-order valence-electron chi connectivity index (χ3n) is 3.52. The lowest BCUT2D eigenvalue weighted by molar-refractivity contribution is -0.115. The summed E-state index contributed by atoms with van der Waals surface area (Å²) >= 11 is 0. The predicted octanol–water partition coefficient (Wildman–Crippen LogP) is 0.399. The van der Waals surface area contributed by atoms with Crippen molar-refractivity contribution in [3.05, 3.63) is 74.8 Å². The summed E-state index contributed by atoms with van der Waals surface area (Å²) in [6.45, 7) is 0.156. The van der Waals surface area contributed by atoms with E-state index in [0.29, 0.717) is 5.52 Å². The molecule has 3 rings (SSSR count). The van der Waals surface area contributed by atoms with Crippen LogP contribution in [-0.2, 0) is 21.4 Å². The Morgan fingerprint density at radius 1 is 0.964 bits per heavy atom. The molecule has 1 aromatic heterocycles. The summed E-state index contributed by atoms with van der Waals surface area (Å²) in [5, 5.41) is 0. The summed E-state index contributed by atoms with van der Waals surface area (Å²) in [4.78, 5) is 38.2. The van der Waals surface area contributed by atoms with Crippen LogP contribution >= 0.6 is 0 Å². The molecule has 9 nitrogen and oxygen atoms in total. The lowest BCUT2D eigenvalue weighted by atomic mass is 10.2. The zero-order valence-corrected chi connectivity index (χ0v) is 16.1. The highest BCUT2D eigenvalue weighted by atomic mass is 32.2. The molecule has 0 aliphatic rings. The number of hydrogen-bond acceptors (Lipinski definition) is 5. The van der Waals surface area contributed by atoms with Crippen molar-refractivity contribution in [3.8, 4) is 0 Å². The van der Waals surface area contributed by atoms with Gasteiger partial charge in [0, 0.05) is 20.6 Å². The second-order valence-corrected chi connectivity index (χ2v) is 7.76. The standard InChI is InChI=1S/C15H13N3O4S.C3H7NO/c19-14-15(20)18-13-8-11(6-7-12(13)17-14)23(21,22)16-9-10-4-2-1-3-5-10;1-4(2)3-5/h1-8,16H,9H2,(H,17,19)(H,18,20);3H,1-2H3. The van der Waals surface area contributed by atoms with Crippen LogP contribution in [0.4, 0.5) is 0 Å². The van der Waals surface area contributed by atoms with Crippen LogP contribution in [0.5, 0.6) is 0 Å². The van der Waals surface area contributed by atoms with Crippen LogP contribution in [0.15, 0.2) is 63.0 Å². The number of carbonyl (C=O) groups is 1. The van der Waals surface area contributed by atoms with E-state index in [1.165, 1.54) is 23.1 Å². The van der Waals surface area contributed by atoms with Crippen molar-refractivity contribution in [1.82, 2.24) is 19.6 Å². The molecule has 0 saturated carbocycles. The monoisotopic (exact) mass is 404 g/mol. The fraction of sp³-hybridized carbons (Fsp3) is 0.167. The van der Waals surface area contributed by atoms with E-state index in [-0.39, 0.29) is 17.0 Å². The van der Waals surface area contributed by atoms with Crippen molar-refractivity contribution in [2.45, 2.75) is 11.4 Å². The molecule has 3 aromatic rings. The lowest BCUT2D eigenvalue weighted by Gasteiger charge is -2.07. The van der Waals surface area contributed by atoms with E-state index in [1.54, 1.807) is 14.1 Å². The molecular formula is C18H20N4O5S. The molecule has 0 spiro atoms. The van der Waals surface area contributed by atoms with Crippen molar-refractivity contribution in [1.29, 1.82) is 0 Å². The van der Waals surface area contributed by atoms with Crippen molar-refractivity contribution in [2.24, 2.45) is 0 Å². The van der Waals surface area contributed by atoms with E-state index in [2.05, 4.69) is 14.7 Å². The number of H-pyrrole nitrogens is 2. The highest BCUT2D eigenvalue weighted by Gasteiger charge is 2.14. The van der Waals surface area contributed by atoms with E-state index in [0.717, 1.165) is 12.0 Å². The lowest BCUT2D eigenvalue weighted by Crippen LogP contribution is -2.29. The van der Waals surface area contributed by atoms with Crippen molar-refractivity contribution in [3.63, 3.8) is 0 Å². The predicted molar refractivity (Wildman–Crippen MR) is 105 cm³/mol. The second-order valence-electron chi connectivity index (χ2n) is 5.99. The Labute approximate surface area is 161 Å². The number of aromatic nitrogens is 2. The third kappa shape index (κ3) is 5.63. The molecule has 0 bridgehead atoms. The fourth-order valence-electron chi connectivity index (χ4n) is 2.12. The fourth-order valence-corrected chi connectivity index (χ4v) is 3.16. The number of hydrogen-bond donors (Lipinski definition) is 3. The van der Waals surface area contributed by atoms with Gasteiger partial charge in [0.25, 0.3) is 0 Å². The highest BCUT2D eigenvalue weighted by molar-refractivity contribution is 7.89. The number of aromatic amines is 2. The minimum absolute atomic E-state index is 0.00336. The number of rotatable bonds is 5. The molecular weight excluding hydrogens is 384 g/mol. The smallest absolute Gasteiger partial charge is 0.314 e. The van der Waals surface area contributed by atoms with Crippen LogP contribution in [0.1, 0.15) is 5.56 Å².